The van der Waals surface area contributed by atoms with Crippen LogP contribution in [-0.4, -0.2) is 44.0 Å². The molecule has 0 saturated heterocycles. The third-order valence-electron chi connectivity index (χ3n) is 4.03. The van der Waals surface area contributed by atoms with Crippen molar-refractivity contribution in [3.63, 3.8) is 0 Å². The summed E-state index contributed by atoms with van der Waals surface area (Å²) >= 11 is 0. The largest absolute Gasteiger partial charge is 0.497 e. The van der Waals surface area contributed by atoms with Gasteiger partial charge in [0.15, 0.2) is 11.2 Å². The fourth-order valence-electron chi connectivity index (χ4n) is 2.65. The maximum Gasteiger partial charge on any atom is 0.329 e. The standard InChI is InChI=1S/C16H20N6O5/c1-21-13-12(14(24)19-16(21)25)22(15(18-13)20-17)7-9(23)8-27-11-5-3-10(26-2)4-6-11/h3-6,9,23H,7-8,17H2,1-2H3,(H,18,20)(H,19,24,25). The Bertz CT molecular complexity index is 1050. The van der Waals surface area contributed by atoms with Crippen molar-refractivity contribution in [1.82, 2.24) is 19.1 Å². The average molecular weight is 376 g/mol. The van der Waals surface area contributed by atoms with Crippen LogP contribution in [-0.2, 0) is 13.6 Å². The van der Waals surface area contributed by atoms with Crippen LogP contribution >= 0.6 is 0 Å². The van der Waals surface area contributed by atoms with Gasteiger partial charge in [-0.15, -0.1) is 0 Å². The van der Waals surface area contributed by atoms with Gasteiger partial charge in [-0.2, -0.15) is 4.98 Å². The van der Waals surface area contributed by atoms with Crippen LogP contribution in [0.25, 0.3) is 11.2 Å². The van der Waals surface area contributed by atoms with E-state index < -0.39 is 17.4 Å². The first kappa shape index (κ1) is 18.5. The van der Waals surface area contributed by atoms with Crippen molar-refractivity contribution in [2.24, 2.45) is 12.9 Å². The zero-order valence-electron chi connectivity index (χ0n) is 14.8. The zero-order chi connectivity index (χ0) is 19.6. The summed E-state index contributed by atoms with van der Waals surface area (Å²) in [6.45, 7) is -0.0485. The van der Waals surface area contributed by atoms with Gasteiger partial charge in [0.25, 0.3) is 5.56 Å². The number of aromatic amines is 1. The second-order valence-corrected chi connectivity index (χ2v) is 5.82. The van der Waals surface area contributed by atoms with E-state index in [9.17, 15) is 14.7 Å². The maximum atomic E-state index is 12.2. The van der Waals surface area contributed by atoms with Crippen molar-refractivity contribution in [3.8, 4) is 11.5 Å². The molecule has 0 fully saturated rings. The molecule has 0 spiro atoms. The highest BCUT2D eigenvalue weighted by molar-refractivity contribution is 5.74. The van der Waals surface area contributed by atoms with E-state index in [0.717, 1.165) is 0 Å². The van der Waals surface area contributed by atoms with E-state index in [1.165, 1.54) is 16.2 Å². The van der Waals surface area contributed by atoms with E-state index in [0.29, 0.717) is 11.5 Å². The van der Waals surface area contributed by atoms with E-state index in [1.54, 1.807) is 31.4 Å². The third kappa shape index (κ3) is 3.64. The molecule has 0 amide bonds. The number of H-pyrrole nitrogens is 1. The molecule has 0 saturated carbocycles. The number of fused-ring (bicyclic) bond motifs is 1. The lowest BCUT2D eigenvalue weighted by molar-refractivity contribution is 0.0938. The SMILES string of the molecule is COc1ccc(OCC(O)Cn2c(NN)nc3c2c(=O)[nH]c(=O)n3C)cc1. The van der Waals surface area contributed by atoms with Gasteiger partial charge in [0.05, 0.1) is 13.7 Å². The van der Waals surface area contributed by atoms with Crippen molar-refractivity contribution in [1.29, 1.82) is 0 Å². The summed E-state index contributed by atoms with van der Waals surface area (Å²) in [4.78, 5) is 30.3. The number of hydrogen-bond acceptors (Lipinski definition) is 8. The van der Waals surface area contributed by atoms with Crippen LogP contribution in [0.5, 0.6) is 11.5 Å². The van der Waals surface area contributed by atoms with Gasteiger partial charge in [-0.05, 0) is 24.3 Å². The first-order chi connectivity index (χ1) is 12.9. The quantitative estimate of drug-likeness (QED) is 0.308. The Morgan fingerprint density at radius 3 is 2.59 bits per heavy atom. The Hall–Kier alpha value is -3.31. The van der Waals surface area contributed by atoms with Crippen LogP contribution in [0.1, 0.15) is 0 Å². The number of benzene rings is 1. The van der Waals surface area contributed by atoms with E-state index in [-0.39, 0.29) is 30.3 Å². The molecule has 2 aromatic heterocycles. The molecule has 11 heteroatoms. The van der Waals surface area contributed by atoms with E-state index in [4.69, 9.17) is 15.3 Å². The molecule has 1 unspecified atom stereocenters. The molecule has 27 heavy (non-hydrogen) atoms. The minimum absolute atomic E-state index is 0.0204. The van der Waals surface area contributed by atoms with Crippen LogP contribution in [0, 0.1) is 0 Å². The number of nitrogens with two attached hydrogens (primary N) is 1. The van der Waals surface area contributed by atoms with Gasteiger partial charge in [0.1, 0.15) is 24.2 Å². The number of nitrogen functional groups attached to an aromatic ring is 1. The molecule has 1 aromatic carbocycles. The Morgan fingerprint density at radius 2 is 1.96 bits per heavy atom. The monoisotopic (exact) mass is 376 g/mol. The van der Waals surface area contributed by atoms with Crippen molar-refractivity contribution >= 4 is 17.1 Å². The summed E-state index contributed by atoms with van der Waals surface area (Å²) in [6.07, 6.45) is -0.965. The Labute approximate surface area is 152 Å². The number of aliphatic hydroxyl groups excluding tert-OH is 1. The number of nitrogens with one attached hydrogen (secondary N) is 2. The molecule has 0 aliphatic heterocycles. The fourth-order valence-corrected chi connectivity index (χ4v) is 2.65. The van der Waals surface area contributed by atoms with E-state index in [2.05, 4.69) is 15.4 Å². The summed E-state index contributed by atoms with van der Waals surface area (Å²) in [6, 6.07) is 6.90. The molecule has 0 aliphatic carbocycles. The third-order valence-corrected chi connectivity index (χ3v) is 4.03. The highest BCUT2D eigenvalue weighted by Crippen LogP contribution is 2.18. The molecule has 3 aromatic rings. The highest BCUT2D eigenvalue weighted by Gasteiger charge is 2.19. The number of hydrazine groups is 1. The Kier molecular flexibility index (Phi) is 5.14. The molecule has 1 atom stereocenters. The van der Waals surface area contributed by atoms with Crippen molar-refractivity contribution in [2.45, 2.75) is 12.6 Å². The minimum Gasteiger partial charge on any atom is -0.497 e. The molecular formula is C16H20N6O5. The lowest BCUT2D eigenvalue weighted by atomic mass is 10.3. The maximum absolute atomic E-state index is 12.2. The van der Waals surface area contributed by atoms with Gasteiger partial charge >= 0.3 is 5.69 Å². The second kappa shape index (κ2) is 7.51. The van der Waals surface area contributed by atoms with Gasteiger partial charge < -0.3 is 19.1 Å². The molecular weight excluding hydrogens is 356 g/mol. The summed E-state index contributed by atoms with van der Waals surface area (Å²) < 4.78 is 13.2. The number of aliphatic hydroxyl groups is 1. The van der Waals surface area contributed by atoms with Gasteiger partial charge in [-0.25, -0.2) is 10.6 Å². The molecule has 2 heterocycles. The highest BCUT2D eigenvalue weighted by atomic mass is 16.5. The molecule has 0 aliphatic rings. The number of aryl methyl sites for hydroxylation is 1. The molecule has 3 rings (SSSR count). The summed E-state index contributed by atoms with van der Waals surface area (Å²) in [5, 5.41) is 10.3. The average Bonchev–Trinajstić information content (AvgIpc) is 3.04. The smallest absolute Gasteiger partial charge is 0.329 e. The van der Waals surface area contributed by atoms with Crippen LogP contribution in [0.4, 0.5) is 5.95 Å². The Morgan fingerprint density at radius 1 is 1.30 bits per heavy atom. The summed E-state index contributed by atoms with van der Waals surface area (Å²) in [5.74, 6) is 6.85. The number of hydrogen-bond donors (Lipinski definition) is 4. The molecule has 0 bridgehead atoms. The van der Waals surface area contributed by atoms with Crippen LogP contribution in [0.3, 0.4) is 0 Å². The number of rotatable bonds is 7. The number of imidazole rings is 1. The minimum atomic E-state index is -0.965. The predicted molar refractivity (Wildman–Crippen MR) is 97.9 cm³/mol. The second-order valence-electron chi connectivity index (χ2n) is 5.82. The lowest BCUT2D eigenvalue weighted by Crippen LogP contribution is -2.31. The topological polar surface area (TPSA) is 149 Å². The number of nitrogens with zero attached hydrogens (tertiary/aromatic N) is 3. The van der Waals surface area contributed by atoms with Gasteiger partial charge in [0.2, 0.25) is 5.95 Å². The van der Waals surface area contributed by atoms with E-state index in [1.807, 2.05) is 0 Å². The summed E-state index contributed by atoms with van der Waals surface area (Å²) in [7, 11) is 3.04. The van der Waals surface area contributed by atoms with Crippen LogP contribution in [0.2, 0.25) is 0 Å². The lowest BCUT2D eigenvalue weighted by Gasteiger charge is -2.15. The number of aromatic nitrogens is 4. The van der Waals surface area contributed by atoms with Crippen LogP contribution < -0.4 is 32.0 Å². The first-order valence-corrected chi connectivity index (χ1v) is 8.05. The fraction of sp³-hybridized carbons (Fsp3) is 0.312. The zero-order valence-corrected chi connectivity index (χ0v) is 14.8. The van der Waals surface area contributed by atoms with Crippen LogP contribution in [0.15, 0.2) is 33.9 Å². The van der Waals surface area contributed by atoms with Crippen molar-refractivity contribution in [2.75, 3.05) is 19.1 Å². The molecule has 0 radical (unpaired) electrons. The van der Waals surface area contributed by atoms with Gasteiger partial charge in [-0.1, -0.05) is 0 Å². The summed E-state index contributed by atoms with van der Waals surface area (Å²) in [5.41, 5.74) is 1.43. The van der Waals surface area contributed by atoms with Crippen molar-refractivity contribution in [3.05, 3.63) is 45.1 Å². The molecule has 144 valence electrons. The normalized spacial score (nSPS) is 12.1. The van der Waals surface area contributed by atoms with E-state index >= 15 is 0 Å². The molecule has 5 N–H and O–H groups in total. The first-order valence-electron chi connectivity index (χ1n) is 8.05. The Balaban J connectivity index is 1.81. The predicted octanol–water partition coefficient (Wildman–Crippen LogP) is -0.843. The van der Waals surface area contributed by atoms with Gasteiger partial charge in [0, 0.05) is 7.05 Å². The van der Waals surface area contributed by atoms with Gasteiger partial charge in [-0.3, -0.25) is 19.8 Å². The number of anilines is 1. The number of methoxy groups -OCH3 is 1. The molecule has 11 nitrogen and oxygen atoms in total. The van der Waals surface area contributed by atoms with Crippen molar-refractivity contribution < 1.29 is 14.6 Å². The number of ether oxygens (including phenoxy) is 2.